The minimum atomic E-state index is -0.274. The molecule has 0 spiro atoms. The summed E-state index contributed by atoms with van der Waals surface area (Å²) in [5.41, 5.74) is 5.16. The molecule has 26 heavy (non-hydrogen) atoms. The highest BCUT2D eigenvalue weighted by atomic mass is 16.2. The minimum absolute atomic E-state index is 0.0490. The monoisotopic (exact) mass is 349 g/mol. The van der Waals surface area contributed by atoms with Gasteiger partial charge >= 0.3 is 0 Å². The normalized spacial score (nSPS) is 14.5. The lowest BCUT2D eigenvalue weighted by atomic mass is 10.0. The van der Waals surface area contributed by atoms with Crippen LogP contribution in [0.3, 0.4) is 0 Å². The Labute approximate surface area is 153 Å². The molecule has 2 aromatic rings. The quantitative estimate of drug-likeness (QED) is 0.666. The van der Waals surface area contributed by atoms with Gasteiger partial charge in [0.15, 0.2) is 0 Å². The highest BCUT2D eigenvalue weighted by molar-refractivity contribution is 6.13. The number of likely N-dealkylation sites (tertiary alicyclic amines) is 1. The van der Waals surface area contributed by atoms with E-state index in [4.69, 9.17) is 0 Å². The van der Waals surface area contributed by atoms with E-state index < -0.39 is 0 Å². The number of hydrazone groups is 1. The Balaban J connectivity index is 1.74. The van der Waals surface area contributed by atoms with Crippen molar-refractivity contribution in [3.63, 3.8) is 0 Å². The lowest BCUT2D eigenvalue weighted by molar-refractivity contribution is -0.135. The van der Waals surface area contributed by atoms with Crippen LogP contribution in [0.15, 0.2) is 65.8 Å². The summed E-state index contributed by atoms with van der Waals surface area (Å²) in [7, 11) is 0. The first kappa shape index (κ1) is 17.9. The van der Waals surface area contributed by atoms with Crippen LogP contribution < -0.4 is 5.43 Å². The van der Waals surface area contributed by atoms with Gasteiger partial charge in [-0.05, 0) is 12.8 Å². The van der Waals surface area contributed by atoms with Crippen LogP contribution in [0.2, 0.25) is 0 Å². The topological polar surface area (TPSA) is 61.8 Å². The van der Waals surface area contributed by atoms with E-state index in [1.165, 1.54) is 0 Å². The van der Waals surface area contributed by atoms with Crippen molar-refractivity contribution >= 4 is 17.5 Å². The largest absolute Gasteiger partial charge is 0.333 e. The van der Waals surface area contributed by atoms with Crippen molar-refractivity contribution in [1.29, 1.82) is 0 Å². The molecule has 1 heterocycles. The van der Waals surface area contributed by atoms with Crippen molar-refractivity contribution in [2.24, 2.45) is 5.10 Å². The van der Waals surface area contributed by atoms with Gasteiger partial charge in [-0.3, -0.25) is 9.59 Å². The van der Waals surface area contributed by atoms with Crippen molar-refractivity contribution in [2.75, 3.05) is 13.1 Å². The van der Waals surface area contributed by atoms with Crippen LogP contribution in [-0.2, 0) is 9.59 Å². The number of nitrogens with one attached hydrogen (secondary N) is 1. The molecule has 0 radical (unpaired) electrons. The average molecular weight is 349 g/mol. The van der Waals surface area contributed by atoms with Gasteiger partial charge in [0.1, 0.15) is 6.54 Å². The first-order valence-corrected chi connectivity index (χ1v) is 8.99. The molecular formula is C21H23N3O2. The molecule has 0 aromatic heterocycles. The first-order valence-electron chi connectivity index (χ1n) is 8.99. The third kappa shape index (κ3) is 4.79. The van der Waals surface area contributed by atoms with E-state index >= 15 is 0 Å². The van der Waals surface area contributed by atoms with Gasteiger partial charge in [-0.2, -0.15) is 5.10 Å². The second-order valence-corrected chi connectivity index (χ2v) is 6.35. The van der Waals surface area contributed by atoms with Gasteiger partial charge in [0.25, 0.3) is 5.91 Å². The molecule has 1 fully saturated rings. The Hall–Kier alpha value is -2.95. The maximum absolute atomic E-state index is 12.3. The lowest BCUT2D eigenvalue weighted by Gasteiger charge is -2.19. The van der Waals surface area contributed by atoms with Crippen molar-refractivity contribution in [3.8, 4) is 0 Å². The van der Waals surface area contributed by atoms with Crippen molar-refractivity contribution in [2.45, 2.75) is 25.7 Å². The van der Waals surface area contributed by atoms with Gasteiger partial charge < -0.3 is 4.90 Å². The van der Waals surface area contributed by atoms with Gasteiger partial charge in [0, 0.05) is 24.1 Å². The fourth-order valence-corrected chi connectivity index (χ4v) is 3.02. The van der Waals surface area contributed by atoms with Crippen LogP contribution in [0.4, 0.5) is 0 Å². The fraction of sp³-hybridized carbons (Fsp3) is 0.286. The van der Waals surface area contributed by atoms with E-state index in [9.17, 15) is 9.59 Å². The summed E-state index contributed by atoms with van der Waals surface area (Å²) < 4.78 is 0. The van der Waals surface area contributed by atoms with Crippen LogP contribution in [0.1, 0.15) is 36.8 Å². The molecule has 1 aliphatic heterocycles. The Bertz CT molecular complexity index is 731. The second kappa shape index (κ2) is 8.94. The molecular weight excluding hydrogens is 326 g/mol. The highest BCUT2D eigenvalue weighted by Crippen LogP contribution is 2.12. The Morgan fingerprint density at radius 1 is 0.923 bits per heavy atom. The van der Waals surface area contributed by atoms with Gasteiger partial charge in [-0.15, -0.1) is 0 Å². The standard InChI is InChI=1S/C21H23N3O2/c25-19(16-24-15-9-3-8-14-20(24)26)22-23-21(17-10-4-1-5-11-17)18-12-6-2-7-13-18/h1-2,4-7,10-13H,3,8-9,14-16H2,(H,22,25). The molecule has 0 unspecified atom stereocenters. The van der Waals surface area contributed by atoms with Crippen molar-refractivity contribution in [3.05, 3.63) is 71.8 Å². The number of hydrogen-bond acceptors (Lipinski definition) is 3. The molecule has 0 saturated carbocycles. The molecule has 2 aromatic carbocycles. The number of carbonyl (C=O) groups is 2. The number of amides is 2. The third-order valence-corrected chi connectivity index (χ3v) is 4.39. The molecule has 0 bridgehead atoms. The van der Waals surface area contributed by atoms with Crippen LogP contribution in [0.25, 0.3) is 0 Å². The van der Waals surface area contributed by atoms with Gasteiger partial charge in [0.05, 0.1) is 5.71 Å². The average Bonchev–Trinajstić information content (AvgIpc) is 2.88. The summed E-state index contributed by atoms with van der Waals surface area (Å²) >= 11 is 0. The lowest BCUT2D eigenvalue weighted by Crippen LogP contribution is -2.39. The van der Waals surface area contributed by atoms with Gasteiger partial charge in [0.2, 0.25) is 5.91 Å². The molecule has 1 aliphatic rings. The zero-order valence-corrected chi connectivity index (χ0v) is 14.7. The first-order chi connectivity index (χ1) is 12.7. The van der Waals surface area contributed by atoms with E-state index in [0.29, 0.717) is 18.7 Å². The maximum Gasteiger partial charge on any atom is 0.259 e. The van der Waals surface area contributed by atoms with E-state index in [1.807, 2.05) is 60.7 Å². The number of hydrogen-bond donors (Lipinski definition) is 1. The third-order valence-electron chi connectivity index (χ3n) is 4.39. The SMILES string of the molecule is O=C(CN1CCCCCC1=O)NN=C(c1ccccc1)c1ccccc1. The second-order valence-electron chi connectivity index (χ2n) is 6.35. The number of nitrogens with zero attached hydrogens (tertiary/aromatic N) is 2. The zero-order chi connectivity index (χ0) is 18.2. The molecule has 3 rings (SSSR count). The number of carbonyl (C=O) groups excluding carboxylic acids is 2. The fourth-order valence-electron chi connectivity index (χ4n) is 3.02. The molecule has 0 aliphatic carbocycles. The number of rotatable bonds is 5. The molecule has 0 atom stereocenters. The van der Waals surface area contributed by atoms with Crippen LogP contribution in [0.5, 0.6) is 0 Å². The summed E-state index contributed by atoms with van der Waals surface area (Å²) in [5, 5.41) is 4.36. The van der Waals surface area contributed by atoms with Crippen LogP contribution in [0, 0.1) is 0 Å². The summed E-state index contributed by atoms with van der Waals surface area (Å²) in [5.74, 6) is -0.224. The van der Waals surface area contributed by atoms with Crippen molar-refractivity contribution in [1.82, 2.24) is 10.3 Å². The maximum atomic E-state index is 12.3. The zero-order valence-electron chi connectivity index (χ0n) is 14.7. The highest BCUT2D eigenvalue weighted by Gasteiger charge is 2.19. The molecule has 1 N–H and O–H groups in total. The summed E-state index contributed by atoms with van der Waals surface area (Å²) in [6.45, 7) is 0.694. The van der Waals surface area contributed by atoms with E-state index in [1.54, 1.807) is 4.90 Å². The summed E-state index contributed by atoms with van der Waals surface area (Å²) in [6.07, 6.45) is 3.41. The van der Waals surface area contributed by atoms with E-state index in [2.05, 4.69) is 10.5 Å². The molecule has 1 saturated heterocycles. The predicted octanol–water partition coefficient (Wildman–Crippen LogP) is 2.96. The Morgan fingerprint density at radius 2 is 1.54 bits per heavy atom. The van der Waals surface area contributed by atoms with E-state index in [0.717, 1.165) is 30.4 Å². The smallest absolute Gasteiger partial charge is 0.259 e. The Morgan fingerprint density at radius 3 is 2.15 bits per heavy atom. The predicted molar refractivity (Wildman–Crippen MR) is 102 cm³/mol. The molecule has 5 nitrogen and oxygen atoms in total. The summed E-state index contributed by atoms with van der Waals surface area (Å²) in [4.78, 5) is 26.0. The van der Waals surface area contributed by atoms with Gasteiger partial charge in [-0.25, -0.2) is 5.43 Å². The van der Waals surface area contributed by atoms with E-state index in [-0.39, 0.29) is 18.4 Å². The Kier molecular flexibility index (Phi) is 6.14. The van der Waals surface area contributed by atoms with Crippen LogP contribution in [-0.4, -0.2) is 35.5 Å². The minimum Gasteiger partial charge on any atom is -0.333 e. The summed E-state index contributed by atoms with van der Waals surface area (Å²) in [6, 6.07) is 19.4. The molecule has 2 amide bonds. The van der Waals surface area contributed by atoms with Gasteiger partial charge in [-0.1, -0.05) is 67.1 Å². The number of benzene rings is 2. The van der Waals surface area contributed by atoms with Crippen molar-refractivity contribution < 1.29 is 9.59 Å². The molecule has 134 valence electrons. The van der Waals surface area contributed by atoms with Crippen LogP contribution >= 0.6 is 0 Å². The molecule has 5 heteroatoms.